The first-order valence-electron chi connectivity index (χ1n) is 6.20. The number of rotatable bonds is 1. The van der Waals surface area contributed by atoms with E-state index < -0.39 is 0 Å². The van der Waals surface area contributed by atoms with E-state index in [1.165, 1.54) is 12.1 Å². The molecule has 1 aliphatic rings. The van der Waals surface area contributed by atoms with E-state index in [4.69, 9.17) is 0 Å². The van der Waals surface area contributed by atoms with Gasteiger partial charge in [0.15, 0.2) is 11.5 Å². The second-order valence-corrected chi connectivity index (χ2v) is 5.70. The van der Waals surface area contributed by atoms with Crippen molar-refractivity contribution in [2.45, 2.75) is 26.7 Å². The predicted molar refractivity (Wildman–Crippen MR) is 68.7 cm³/mol. The van der Waals surface area contributed by atoms with E-state index in [9.17, 15) is 15.0 Å². The zero-order valence-electron chi connectivity index (χ0n) is 10.8. The number of piperidine rings is 1. The lowest BCUT2D eigenvalue weighted by Gasteiger charge is -2.38. The summed E-state index contributed by atoms with van der Waals surface area (Å²) in [7, 11) is 0. The van der Waals surface area contributed by atoms with Crippen molar-refractivity contribution >= 4 is 5.91 Å². The highest BCUT2D eigenvalue weighted by Gasteiger charge is 2.29. The SMILES string of the molecule is CC1(C)CCCN(C(=O)c2ccc(O)c(O)c2)C1. The Bertz CT molecular complexity index is 468. The molecule has 1 aliphatic heterocycles. The molecule has 2 N–H and O–H groups in total. The summed E-state index contributed by atoms with van der Waals surface area (Å²) in [6, 6.07) is 4.20. The number of nitrogens with zero attached hydrogens (tertiary/aromatic N) is 1. The van der Waals surface area contributed by atoms with E-state index in [1.54, 1.807) is 6.07 Å². The number of hydrogen-bond acceptors (Lipinski definition) is 3. The molecule has 2 rings (SSSR count). The Kier molecular flexibility index (Phi) is 3.20. The van der Waals surface area contributed by atoms with Gasteiger partial charge in [-0.2, -0.15) is 0 Å². The first kappa shape index (κ1) is 12.7. The van der Waals surface area contributed by atoms with Crippen LogP contribution in [0.25, 0.3) is 0 Å². The number of benzene rings is 1. The quantitative estimate of drug-likeness (QED) is 0.751. The summed E-state index contributed by atoms with van der Waals surface area (Å²) in [5.74, 6) is -0.541. The molecule has 4 heteroatoms. The molecule has 98 valence electrons. The number of aromatic hydroxyl groups is 2. The van der Waals surface area contributed by atoms with Crippen LogP contribution >= 0.6 is 0 Å². The van der Waals surface area contributed by atoms with Crippen LogP contribution in [-0.2, 0) is 0 Å². The van der Waals surface area contributed by atoms with Crippen molar-refractivity contribution in [2.24, 2.45) is 5.41 Å². The minimum atomic E-state index is -0.253. The number of amides is 1. The Balaban J connectivity index is 2.18. The first-order valence-corrected chi connectivity index (χ1v) is 6.20. The molecule has 0 spiro atoms. The van der Waals surface area contributed by atoms with Crippen LogP contribution in [0.4, 0.5) is 0 Å². The van der Waals surface area contributed by atoms with Crippen molar-refractivity contribution in [1.82, 2.24) is 4.90 Å². The van der Waals surface area contributed by atoms with E-state index in [2.05, 4.69) is 13.8 Å². The Morgan fingerprint density at radius 2 is 2.00 bits per heavy atom. The lowest BCUT2D eigenvalue weighted by Crippen LogP contribution is -2.43. The maximum absolute atomic E-state index is 12.3. The van der Waals surface area contributed by atoms with Crippen molar-refractivity contribution in [3.63, 3.8) is 0 Å². The number of hydrogen-bond donors (Lipinski definition) is 2. The number of carbonyl (C=O) groups excluding carboxylic acids is 1. The molecule has 18 heavy (non-hydrogen) atoms. The van der Waals surface area contributed by atoms with Gasteiger partial charge in [0.1, 0.15) is 0 Å². The minimum absolute atomic E-state index is 0.0851. The van der Waals surface area contributed by atoms with Crippen molar-refractivity contribution < 1.29 is 15.0 Å². The van der Waals surface area contributed by atoms with Crippen LogP contribution in [0.3, 0.4) is 0 Å². The van der Waals surface area contributed by atoms with Crippen LogP contribution in [0.5, 0.6) is 11.5 Å². The van der Waals surface area contributed by atoms with Gasteiger partial charge in [-0.3, -0.25) is 4.79 Å². The van der Waals surface area contributed by atoms with E-state index >= 15 is 0 Å². The molecule has 0 aromatic heterocycles. The van der Waals surface area contributed by atoms with Crippen molar-refractivity contribution in [1.29, 1.82) is 0 Å². The highest BCUT2D eigenvalue weighted by molar-refractivity contribution is 5.95. The van der Waals surface area contributed by atoms with Gasteiger partial charge in [-0.25, -0.2) is 0 Å². The lowest BCUT2D eigenvalue weighted by molar-refractivity contribution is 0.0583. The zero-order chi connectivity index (χ0) is 13.3. The van der Waals surface area contributed by atoms with E-state index in [-0.39, 0.29) is 22.8 Å². The van der Waals surface area contributed by atoms with Crippen molar-refractivity contribution in [3.05, 3.63) is 23.8 Å². The average molecular weight is 249 g/mol. The van der Waals surface area contributed by atoms with Gasteiger partial charge in [-0.05, 0) is 36.5 Å². The third kappa shape index (κ3) is 2.58. The maximum Gasteiger partial charge on any atom is 0.254 e. The van der Waals surface area contributed by atoms with Gasteiger partial charge < -0.3 is 15.1 Å². The minimum Gasteiger partial charge on any atom is -0.504 e. The number of carbonyl (C=O) groups is 1. The average Bonchev–Trinajstić information content (AvgIpc) is 2.30. The third-order valence-electron chi connectivity index (χ3n) is 3.41. The summed E-state index contributed by atoms with van der Waals surface area (Å²) in [6.07, 6.45) is 2.13. The molecular formula is C14H19NO3. The van der Waals surface area contributed by atoms with Crippen LogP contribution in [0.15, 0.2) is 18.2 Å². The number of phenolic OH excluding ortho intramolecular Hbond substituents is 2. The van der Waals surface area contributed by atoms with Gasteiger partial charge in [-0.1, -0.05) is 13.8 Å². The third-order valence-corrected chi connectivity index (χ3v) is 3.41. The molecule has 1 amide bonds. The highest BCUT2D eigenvalue weighted by atomic mass is 16.3. The van der Waals surface area contributed by atoms with Crippen molar-refractivity contribution in [2.75, 3.05) is 13.1 Å². The fourth-order valence-electron chi connectivity index (χ4n) is 2.44. The second-order valence-electron chi connectivity index (χ2n) is 5.70. The molecule has 0 saturated carbocycles. The fourth-order valence-corrected chi connectivity index (χ4v) is 2.44. The molecule has 4 nitrogen and oxygen atoms in total. The lowest BCUT2D eigenvalue weighted by atomic mass is 9.84. The van der Waals surface area contributed by atoms with Gasteiger partial charge >= 0.3 is 0 Å². The van der Waals surface area contributed by atoms with Crippen LogP contribution in [0, 0.1) is 5.41 Å². The highest BCUT2D eigenvalue weighted by Crippen LogP contribution is 2.30. The summed E-state index contributed by atoms with van der Waals surface area (Å²) >= 11 is 0. The van der Waals surface area contributed by atoms with Gasteiger partial charge in [0.25, 0.3) is 5.91 Å². The topological polar surface area (TPSA) is 60.8 Å². The Morgan fingerprint density at radius 1 is 1.28 bits per heavy atom. The summed E-state index contributed by atoms with van der Waals surface area (Å²) in [4.78, 5) is 14.1. The van der Waals surface area contributed by atoms with Crippen LogP contribution in [0.2, 0.25) is 0 Å². The zero-order valence-corrected chi connectivity index (χ0v) is 10.8. The molecule has 0 radical (unpaired) electrons. The number of likely N-dealkylation sites (tertiary alicyclic amines) is 1. The van der Waals surface area contributed by atoms with Gasteiger partial charge in [-0.15, -0.1) is 0 Å². The Labute approximate surface area is 107 Å². The maximum atomic E-state index is 12.3. The number of phenols is 2. The van der Waals surface area contributed by atoms with Crippen LogP contribution in [0.1, 0.15) is 37.0 Å². The second kappa shape index (κ2) is 4.52. The Hall–Kier alpha value is -1.71. The van der Waals surface area contributed by atoms with Crippen LogP contribution < -0.4 is 0 Å². The summed E-state index contributed by atoms with van der Waals surface area (Å²) in [6.45, 7) is 5.79. The molecule has 0 atom stereocenters. The van der Waals surface area contributed by atoms with Gasteiger partial charge in [0.2, 0.25) is 0 Å². The molecule has 1 aromatic carbocycles. The molecule has 0 aliphatic carbocycles. The molecule has 0 unspecified atom stereocenters. The van der Waals surface area contributed by atoms with Crippen LogP contribution in [-0.4, -0.2) is 34.1 Å². The Morgan fingerprint density at radius 3 is 2.61 bits per heavy atom. The predicted octanol–water partition coefficient (Wildman–Crippen LogP) is 2.36. The summed E-state index contributed by atoms with van der Waals surface area (Å²) in [5.41, 5.74) is 0.565. The van der Waals surface area contributed by atoms with E-state index in [0.717, 1.165) is 25.9 Å². The monoisotopic (exact) mass is 249 g/mol. The summed E-state index contributed by atoms with van der Waals surface area (Å²) in [5, 5.41) is 18.7. The molecule has 1 saturated heterocycles. The smallest absolute Gasteiger partial charge is 0.254 e. The molecule has 1 fully saturated rings. The first-order chi connectivity index (χ1) is 8.39. The molecule has 1 aromatic rings. The van der Waals surface area contributed by atoms with Gasteiger partial charge in [0.05, 0.1) is 0 Å². The molecule has 0 bridgehead atoms. The standard InChI is InChI=1S/C14H19NO3/c1-14(2)6-3-7-15(9-14)13(18)10-4-5-11(16)12(17)8-10/h4-5,8,16-17H,3,6-7,9H2,1-2H3. The van der Waals surface area contributed by atoms with Gasteiger partial charge in [0, 0.05) is 18.7 Å². The normalized spacial score (nSPS) is 18.7. The van der Waals surface area contributed by atoms with E-state index in [0.29, 0.717) is 5.56 Å². The fraction of sp³-hybridized carbons (Fsp3) is 0.500. The van der Waals surface area contributed by atoms with Crippen molar-refractivity contribution in [3.8, 4) is 11.5 Å². The molecular weight excluding hydrogens is 230 g/mol. The largest absolute Gasteiger partial charge is 0.504 e. The summed E-state index contributed by atoms with van der Waals surface area (Å²) < 4.78 is 0. The molecule has 1 heterocycles. The van der Waals surface area contributed by atoms with E-state index in [1.807, 2.05) is 4.90 Å².